The number of carbonyl (C=O) groups is 1. The van der Waals surface area contributed by atoms with Crippen LogP contribution in [0.15, 0.2) is 48.5 Å². The van der Waals surface area contributed by atoms with Gasteiger partial charge in [0.05, 0.1) is 30.5 Å². The summed E-state index contributed by atoms with van der Waals surface area (Å²) in [7, 11) is 0. The molecule has 0 N–H and O–H groups in total. The molecule has 0 aromatic heterocycles. The first-order chi connectivity index (χ1) is 12.2. The van der Waals surface area contributed by atoms with Gasteiger partial charge in [0, 0.05) is 12.1 Å². The van der Waals surface area contributed by atoms with E-state index in [1.807, 2.05) is 42.5 Å². The van der Waals surface area contributed by atoms with Crippen molar-refractivity contribution in [2.75, 3.05) is 31.3 Å². The van der Waals surface area contributed by atoms with Crippen molar-refractivity contribution in [1.82, 2.24) is 0 Å². The molecule has 0 unspecified atom stereocenters. The lowest BCUT2D eigenvalue weighted by molar-refractivity contribution is -0.180. The average Bonchev–Trinajstić information content (AvgIpc) is 3.21. The largest absolute Gasteiger partial charge is 0.492 e. The zero-order valence-corrected chi connectivity index (χ0v) is 14.4. The molecule has 2 heterocycles. The number of ether oxygens (including phenoxy) is 3. The molecule has 4 rings (SSSR count). The van der Waals surface area contributed by atoms with Crippen LogP contribution in [0.1, 0.15) is 12.0 Å². The van der Waals surface area contributed by atoms with Crippen molar-refractivity contribution in [3.63, 3.8) is 0 Å². The van der Waals surface area contributed by atoms with Crippen LogP contribution >= 0.6 is 11.6 Å². The molecule has 6 heteroatoms. The predicted octanol–water partition coefficient (Wildman–Crippen LogP) is 3.36. The second-order valence-corrected chi connectivity index (χ2v) is 6.33. The van der Waals surface area contributed by atoms with Crippen LogP contribution in [0.25, 0.3) is 0 Å². The number of hydrogen-bond donors (Lipinski definition) is 0. The van der Waals surface area contributed by atoms with Crippen molar-refractivity contribution in [1.29, 1.82) is 0 Å². The van der Waals surface area contributed by atoms with Crippen molar-refractivity contribution in [3.05, 3.63) is 59.1 Å². The standard InChI is InChI=1S/C19H18ClNO4/c20-15-7-2-4-9-17(15)23-11-5-10-21-16-8-3-1-6-14(16)19(18(21)22)24-12-13-25-19/h1-4,6-9H,5,10-13H2. The Morgan fingerprint density at radius 3 is 2.60 bits per heavy atom. The Morgan fingerprint density at radius 2 is 1.80 bits per heavy atom. The molecule has 130 valence electrons. The van der Waals surface area contributed by atoms with Gasteiger partial charge in [-0.05, 0) is 24.6 Å². The van der Waals surface area contributed by atoms with Crippen LogP contribution in [-0.2, 0) is 20.1 Å². The predicted molar refractivity (Wildman–Crippen MR) is 93.9 cm³/mol. The average molecular weight is 360 g/mol. The maximum atomic E-state index is 12.9. The molecule has 1 amide bonds. The molecule has 0 bridgehead atoms. The lowest BCUT2D eigenvalue weighted by Gasteiger charge is -2.22. The van der Waals surface area contributed by atoms with Crippen LogP contribution in [0.3, 0.4) is 0 Å². The minimum absolute atomic E-state index is 0.163. The third-order valence-corrected chi connectivity index (χ3v) is 4.70. The van der Waals surface area contributed by atoms with Crippen LogP contribution in [0, 0.1) is 0 Å². The van der Waals surface area contributed by atoms with Gasteiger partial charge >= 0.3 is 0 Å². The monoisotopic (exact) mass is 359 g/mol. The summed E-state index contributed by atoms with van der Waals surface area (Å²) in [6.45, 7) is 1.83. The zero-order valence-electron chi connectivity index (χ0n) is 13.6. The first-order valence-electron chi connectivity index (χ1n) is 8.29. The van der Waals surface area contributed by atoms with Gasteiger partial charge in [0.1, 0.15) is 5.75 Å². The number of anilines is 1. The highest BCUT2D eigenvalue weighted by atomic mass is 35.5. The van der Waals surface area contributed by atoms with Gasteiger partial charge in [-0.2, -0.15) is 0 Å². The summed E-state index contributed by atoms with van der Waals surface area (Å²) in [6.07, 6.45) is 0.668. The quantitative estimate of drug-likeness (QED) is 0.768. The molecule has 1 fully saturated rings. The van der Waals surface area contributed by atoms with Crippen LogP contribution in [0.5, 0.6) is 5.75 Å². The summed E-state index contributed by atoms with van der Waals surface area (Å²) >= 11 is 6.08. The molecule has 1 spiro atoms. The number of carbonyl (C=O) groups excluding carboxylic acids is 1. The Kier molecular flexibility index (Phi) is 4.37. The first-order valence-corrected chi connectivity index (χ1v) is 8.67. The van der Waals surface area contributed by atoms with E-state index < -0.39 is 5.79 Å². The van der Waals surface area contributed by atoms with Gasteiger partial charge in [-0.15, -0.1) is 0 Å². The fourth-order valence-corrected chi connectivity index (χ4v) is 3.46. The fraction of sp³-hybridized carbons (Fsp3) is 0.316. The second kappa shape index (κ2) is 6.67. The van der Waals surface area contributed by atoms with Crippen LogP contribution in [-0.4, -0.2) is 32.3 Å². The van der Waals surface area contributed by atoms with E-state index in [4.69, 9.17) is 25.8 Å². The van der Waals surface area contributed by atoms with E-state index in [2.05, 4.69) is 0 Å². The minimum atomic E-state index is -1.26. The third-order valence-electron chi connectivity index (χ3n) is 4.39. The third kappa shape index (κ3) is 2.78. The number of halogens is 1. The van der Waals surface area contributed by atoms with Crippen molar-refractivity contribution < 1.29 is 19.0 Å². The summed E-state index contributed by atoms with van der Waals surface area (Å²) in [4.78, 5) is 14.6. The second-order valence-electron chi connectivity index (χ2n) is 5.92. The SMILES string of the molecule is O=C1N(CCCOc2ccccc2Cl)c2ccccc2C12OCCO2. The van der Waals surface area contributed by atoms with Gasteiger partial charge < -0.3 is 19.1 Å². The van der Waals surface area contributed by atoms with Gasteiger partial charge in [0.15, 0.2) is 0 Å². The lowest BCUT2D eigenvalue weighted by atomic mass is 10.1. The Morgan fingerprint density at radius 1 is 1.08 bits per heavy atom. The summed E-state index contributed by atoms with van der Waals surface area (Å²) in [6, 6.07) is 15.0. The summed E-state index contributed by atoms with van der Waals surface area (Å²) < 4.78 is 17.1. The molecule has 5 nitrogen and oxygen atoms in total. The molecule has 0 saturated carbocycles. The van der Waals surface area contributed by atoms with Crippen LogP contribution in [0.4, 0.5) is 5.69 Å². The Hall–Kier alpha value is -2.08. The van der Waals surface area contributed by atoms with Crippen LogP contribution in [0.2, 0.25) is 5.02 Å². The number of hydrogen-bond acceptors (Lipinski definition) is 4. The summed E-state index contributed by atoms with van der Waals surface area (Å²) in [5.41, 5.74) is 1.62. The smallest absolute Gasteiger partial charge is 0.292 e. The van der Waals surface area contributed by atoms with E-state index in [0.717, 1.165) is 11.3 Å². The maximum Gasteiger partial charge on any atom is 0.292 e. The normalized spacial score (nSPS) is 18.0. The van der Waals surface area contributed by atoms with Crippen LogP contribution < -0.4 is 9.64 Å². The number of fused-ring (bicyclic) bond motifs is 2. The van der Waals surface area contributed by atoms with E-state index in [9.17, 15) is 4.79 Å². The summed E-state index contributed by atoms with van der Waals surface area (Å²) in [5, 5.41) is 0.580. The molecule has 2 aliphatic heterocycles. The molecule has 2 aliphatic rings. The zero-order chi connectivity index (χ0) is 17.3. The topological polar surface area (TPSA) is 48.0 Å². The number of benzene rings is 2. The number of nitrogens with zero attached hydrogens (tertiary/aromatic N) is 1. The van der Waals surface area contributed by atoms with Gasteiger partial charge in [-0.3, -0.25) is 4.79 Å². The molecule has 2 aromatic carbocycles. The van der Waals surface area contributed by atoms with E-state index in [-0.39, 0.29) is 5.91 Å². The van der Waals surface area contributed by atoms with Gasteiger partial charge in [-0.25, -0.2) is 0 Å². The molecule has 0 atom stereocenters. The lowest BCUT2D eigenvalue weighted by Crippen LogP contribution is -2.41. The molecular weight excluding hydrogens is 342 g/mol. The van der Waals surface area contributed by atoms with E-state index in [1.54, 1.807) is 11.0 Å². The Balaban J connectivity index is 1.44. The highest BCUT2D eigenvalue weighted by molar-refractivity contribution is 6.32. The Labute approximate surface area is 151 Å². The minimum Gasteiger partial charge on any atom is -0.492 e. The van der Waals surface area contributed by atoms with Crippen molar-refractivity contribution in [3.8, 4) is 5.75 Å². The molecule has 25 heavy (non-hydrogen) atoms. The molecule has 2 aromatic rings. The molecule has 1 saturated heterocycles. The summed E-state index contributed by atoms with van der Waals surface area (Å²) in [5.74, 6) is -0.777. The van der Waals surface area contributed by atoms with Crippen molar-refractivity contribution >= 4 is 23.2 Å². The number of para-hydroxylation sites is 2. The maximum absolute atomic E-state index is 12.9. The number of rotatable bonds is 5. The Bertz CT molecular complexity index is 788. The molecule has 0 radical (unpaired) electrons. The highest BCUT2D eigenvalue weighted by Crippen LogP contribution is 2.45. The van der Waals surface area contributed by atoms with Gasteiger partial charge in [0.2, 0.25) is 0 Å². The van der Waals surface area contributed by atoms with E-state index in [0.29, 0.717) is 43.6 Å². The molecular formula is C19H18ClNO4. The first kappa shape index (κ1) is 16.4. The molecule has 0 aliphatic carbocycles. The highest BCUT2D eigenvalue weighted by Gasteiger charge is 2.55. The van der Waals surface area contributed by atoms with Gasteiger partial charge in [-0.1, -0.05) is 41.9 Å². The van der Waals surface area contributed by atoms with E-state index in [1.165, 1.54) is 0 Å². The van der Waals surface area contributed by atoms with E-state index >= 15 is 0 Å². The van der Waals surface area contributed by atoms with Crippen molar-refractivity contribution in [2.45, 2.75) is 12.2 Å². The fourth-order valence-electron chi connectivity index (χ4n) is 3.27. The van der Waals surface area contributed by atoms with Crippen molar-refractivity contribution in [2.24, 2.45) is 0 Å². The number of amides is 1. The van der Waals surface area contributed by atoms with Gasteiger partial charge in [0.25, 0.3) is 11.7 Å².